The van der Waals surface area contributed by atoms with Gasteiger partial charge in [0, 0.05) is 37.4 Å². The third kappa shape index (κ3) is 5.41. The number of benzene rings is 1. The first kappa shape index (κ1) is 25.6. The fraction of sp³-hybridized carbons (Fsp3) is 0.741. The summed E-state index contributed by atoms with van der Waals surface area (Å²) in [7, 11) is -3.81. The molecule has 0 spiro atoms. The fourth-order valence-corrected chi connectivity index (χ4v) is 8.01. The van der Waals surface area contributed by atoms with Gasteiger partial charge in [0.1, 0.15) is 0 Å². The molecule has 2 unspecified atom stereocenters. The van der Waals surface area contributed by atoms with Crippen molar-refractivity contribution in [1.82, 2.24) is 24.1 Å². The third-order valence-electron chi connectivity index (χ3n) is 9.25. The summed E-state index contributed by atoms with van der Waals surface area (Å²) >= 11 is 0. The van der Waals surface area contributed by atoms with Gasteiger partial charge in [0.25, 0.3) is 0 Å². The normalized spacial score (nSPS) is 27.6. The molecule has 1 aromatic carbocycles. The maximum absolute atomic E-state index is 12.7. The van der Waals surface area contributed by atoms with Crippen molar-refractivity contribution >= 4 is 21.9 Å². The summed E-state index contributed by atoms with van der Waals surface area (Å²) < 4.78 is 29.1. The first-order valence-corrected chi connectivity index (χ1v) is 15.9. The summed E-state index contributed by atoms with van der Waals surface area (Å²) in [5.41, 5.74) is 5.90. The topological polar surface area (TPSA) is 97.0 Å². The Morgan fingerprint density at radius 1 is 0.838 bits per heavy atom. The number of likely N-dealkylation sites (tertiary alicyclic amines) is 2. The van der Waals surface area contributed by atoms with Crippen LogP contribution >= 0.6 is 0 Å². The Kier molecular flexibility index (Phi) is 7.46. The number of carbonyl (C=O) groups excluding carboxylic acids is 1. The number of nitrogens with one attached hydrogen (secondary N) is 3. The van der Waals surface area contributed by atoms with Crippen molar-refractivity contribution in [2.75, 3.05) is 57.7 Å². The Labute approximate surface area is 221 Å². The predicted molar refractivity (Wildman–Crippen MR) is 145 cm³/mol. The van der Waals surface area contributed by atoms with Crippen molar-refractivity contribution in [3.05, 3.63) is 28.3 Å². The van der Waals surface area contributed by atoms with E-state index in [9.17, 15) is 13.2 Å². The molecule has 7 rings (SSSR count). The number of rotatable bonds is 5. The molecule has 4 aliphatic heterocycles. The van der Waals surface area contributed by atoms with Crippen LogP contribution in [0, 0.1) is 0 Å². The lowest BCUT2D eigenvalue weighted by Crippen LogP contribution is -2.48. The van der Waals surface area contributed by atoms with E-state index in [1.807, 2.05) is 0 Å². The van der Waals surface area contributed by atoms with Gasteiger partial charge in [0.15, 0.2) is 0 Å². The predicted octanol–water partition coefficient (Wildman–Crippen LogP) is 1.86. The zero-order valence-corrected chi connectivity index (χ0v) is 22.8. The van der Waals surface area contributed by atoms with Crippen LogP contribution < -0.4 is 15.4 Å². The van der Waals surface area contributed by atoms with Crippen LogP contribution in [-0.2, 0) is 35.9 Å². The minimum Gasteiger partial charge on any atom is -0.315 e. The summed E-state index contributed by atoms with van der Waals surface area (Å²) in [5, 5.41) is 6.29. The Balaban J connectivity index is 0.000000235. The molecule has 0 radical (unpaired) electrons. The number of urea groups is 1. The third-order valence-corrected chi connectivity index (χ3v) is 10.7. The summed E-state index contributed by atoms with van der Waals surface area (Å²) in [4.78, 5) is 17.5. The first-order chi connectivity index (χ1) is 18.0. The molecular formula is C27H42N6O3S. The molecule has 0 saturated carbocycles. The molecule has 3 N–H and O–H groups in total. The van der Waals surface area contributed by atoms with Gasteiger partial charge in [-0.15, -0.1) is 0 Å². The number of fused-ring (bicyclic) bond motifs is 2. The highest BCUT2D eigenvalue weighted by atomic mass is 32.2. The first-order valence-electron chi connectivity index (χ1n) is 14.4. The Morgan fingerprint density at radius 3 is 2.05 bits per heavy atom. The van der Waals surface area contributed by atoms with Crippen LogP contribution in [0.3, 0.4) is 0 Å². The number of anilines is 1. The standard InChI is InChI=1S/C20H28N4O3S.C7H14N2/c25-20(22-28(26,27)24-11-8-16(13-24)23-9-3-10-23)21-19-17-6-1-4-14(17)12-15-5-2-7-18(15)19;1-4-9(5-1)7-2-3-8-6-7/h12,16H,1-11,13H2,(H2,21,22,25);7-8H,1-6H2. The molecule has 1 aromatic rings. The van der Waals surface area contributed by atoms with Gasteiger partial charge in [-0.2, -0.15) is 12.7 Å². The number of hydrogen-bond donors (Lipinski definition) is 3. The average Bonchev–Trinajstić information content (AvgIpc) is 3.58. The molecule has 2 aliphatic carbocycles. The summed E-state index contributed by atoms with van der Waals surface area (Å²) in [6.45, 7) is 8.23. The van der Waals surface area contributed by atoms with Crippen molar-refractivity contribution in [3.63, 3.8) is 0 Å². The Hall–Kier alpha value is -1.72. The van der Waals surface area contributed by atoms with E-state index in [1.165, 1.54) is 72.0 Å². The molecule has 2 amide bonds. The molecule has 2 atom stereocenters. The molecule has 6 aliphatic rings. The van der Waals surface area contributed by atoms with Crippen molar-refractivity contribution in [1.29, 1.82) is 0 Å². The van der Waals surface area contributed by atoms with Crippen LogP contribution in [-0.4, -0.2) is 93.0 Å². The summed E-state index contributed by atoms with van der Waals surface area (Å²) in [5.74, 6) is 0. The fourth-order valence-electron chi connectivity index (χ4n) is 6.88. The summed E-state index contributed by atoms with van der Waals surface area (Å²) in [6.07, 6.45) is 11.0. The maximum Gasteiger partial charge on any atom is 0.333 e. The SMILES string of the molecule is C1CN(C2CCNC2)C1.O=C(Nc1c2c(cc3c1CCC3)CCC2)NS(=O)(=O)N1CCC(N2CCC2)C1. The molecule has 4 heterocycles. The van der Waals surface area contributed by atoms with Crippen LogP contribution in [0.4, 0.5) is 10.5 Å². The average molecular weight is 531 g/mol. The van der Waals surface area contributed by atoms with E-state index in [0.29, 0.717) is 13.1 Å². The highest BCUT2D eigenvalue weighted by Gasteiger charge is 2.37. The smallest absolute Gasteiger partial charge is 0.315 e. The lowest BCUT2D eigenvalue weighted by Gasteiger charge is -2.36. The molecule has 37 heavy (non-hydrogen) atoms. The molecule has 10 heteroatoms. The van der Waals surface area contributed by atoms with Crippen molar-refractivity contribution in [3.8, 4) is 0 Å². The van der Waals surface area contributed by atoms with E-state index in [2.05, 4.69) is 31.2 Å². The molecular weight excluding hydrogens is 488 g/mol. The van der Waals surface area contributed by atoms with Crippen LogP contribution in [0.1, 0.15) is 60.8 Å². The highest BCUT2D eigenvalue weighted by Crippen LogP contribution is 2.38. The second kappa shape index (κ2) is 10.8. The van der Waals surface area contributed by atoms with Crippen molar-refractivity contribution in [2.24, 2.45) is 0 Å². The second-order valence-corrected chi connectivity index (χ2v) is 13.2. The summed E-state index contributed by atoms with van der Waals surface area (Å²) in [6, 6.07) is 2.83. The monoisotopic (exact) mass is 530 g/mol. The minimum absolute atomic E-state index is 0.286. The van der Waals surface area contributed by atoms with Gasteiger partial charge in [-0.05, 0) is 119 Å². The van der Waals surface area contributed by atoms with E-state index < -0.39 is 16.2 Å². The van der Waals surface area contributed by atoms with Gasteiger partial charge in [0.2, 0.25) is 0 Å². The minimum atomic E-state index is -3.81. The number of hydrogen-bond acceptors (Lipinski definition) is 6. The lowest BCUT2D eigenvalue weighted by atomic mass is 9.99. The largest absolute Gasteiger partial charge is 0.333 e. The van der Waals surface area contributed by atoms with Gasteiger partial charge in [0.05, 0.1) is 0 Å². The second-order valence-electron chi connectivity index (χ2n) is 11.5. The molecule has 9 nitrogen and oxygen atoms in total. The van der Waals surface area contributed by atoms with Gasteiger partial charge < -0.3 is 10.6 Å². The quantitative estimate of drug-likeness (QED) is 0.538. The van der Waals surface area contributed by atoms with Gasteiger partial charge in [-0.25, -0.2) is 9.52 Å². The van der Waals surface area contributed by atoms with Gasteiger partial charge >= 0.3 is 16.2 Å². The van der Waals surface area contributed by atoms with Crippen LogP contribution in [0.5, 0.6) is 0 Å². The number of amides is 2. The lowest BCUT2D eigenvalue weighted by molar-refractivity contribution is 0.125. The van der Waals surface area contributed by atoms with E-state index in [0.717, 1.165) is 69.8 Å². The zero-order valence-electron chi connectivity index (χ0n) is 21.9. The van der Waals surface area contributed by atoms with E-state index in [-0.39, 0.29) is 6.04 Å². The molecule has 0 aromatic heterocycles. The van der Waals surface area contributed by atoms with E-state index in [4.69, 9.17) is 0 Å². The Bertz CT molecular complexity index is 1080. The van der Waals surface area contributed by atoms with Crippen LogP contribution in [0.2, 0.25) is 0 Å². The highest BCUT2D eigenvalue weighted by molar-refractivity contribution is 7.87. The van der Waals surface area contributed by atoms with Crippen LogP contribution in [0.25, 0.3) is 0 Å². The van der Waals surface area contributed by atoms with E-state index >= 15 is 0 Å². The number of aryl methyl sites for hydroxylation is 2. The maximum atomic E-state index is 12.7. The number of carbonyl (C=O) groups is 1. The Morgan fingerprint density at radius 2 is 1.49 bits per heavy atom. The number of nitrogens with zero attached hydrogens (tertiary/aromatic N) is 3. The van der Waals surface area contributed by atoms with Gasteiger partial charge in [-0.1, -0.05) is 6.07 Å². The molecule has 204 valence electrons. The molecule has 4 fully saturated rings. The van der Waals surface area contributed by atoms with Gasteiger partial charge in [-0.3, -0.25) is 9.80 Å². The van der Waals surface area contributed by atoms with Crippen molar-refractivity contribution < 1.29 is 13.2 Å². The van der Waals surface area contributed by atoms with Crippen molar-refractivity contribution in [2.45, 2.75) is 76.3 Å². The molecule has 4 saturated heterocycles. The van der Waals surface area contributed by atoms with E-state index in [1.54, 1.807) is 0 Å². The molecule has 0 bridgehead atoms. The zero-order chi connectivity index (χ0) is 25.4. The van der Waals surface area contributed by atoms with Crippen LogP contribution in [0.15, 0.2) is 6.07 Å².